The second-order valence-electron chi connectivity index (χ2n) is 8.05. The molecule has 3 rings (SSSR count). The molecule has 1 saturated heterocycles. The molecule has 2 aromatic rings. The Hall–Kier alpha value is -2.25. The van der Waals surface area contributed by atoms with Crippen molar-refractivity contribution in [3.05, 3.63) is 59.7 Å². The van der Waals surface area contributed by atoms with Gasteiger partial charge in [-0.2, -0.15) is 8.78 Å². The Kier molecular flexibility index (Phi) is 5.10. The Morgan fingerprint density at radius 3 is 2.11 bits per heavy atom. The zero-order valence-corrected chi connectivity index (χ0v) is 16.7. The van der Waals surface area contributed by atoms with E-state index in [1.54, 1.807) is 24.3 Å². The molecule has 148 valence electrons. The number of carbonyl (C=O) groups is 1. The van der Waals surface area contributed by atoms with Gasteiger partial charge < -0.3 is 14.6 Å². The lowest BCUT2D eigenvalue weighted by Gasteiger charge is -2.32. The topological polar surface area (TPSA) is 47.6 Å². The highest BCUT2D eigenvalue weighted by Crippen LogP contribution is 2.37. The van der Waals surface area contributed by atoms with Gasteiger partial charge in [0.05, 0.1) is 11.2 Å². The van der Waals surface area contributed by atoms with Crippen molar-refractivity contribution in [1.82, 2.24) is 0 Å². The summed E-state index contributed by atoms with van der Waals surface area (Å²) in [5, 5.41) is 2.30. The van der Waals surface area contributed by atoms with E-state index in [2.05, 4.69) is 5.32 Å². The van der Waals surface area contributed by atoms with Crippen LogP contribution < -0.4 is 10.8 Å². The summed E-state index contributed by atoms with van der Waals surface area (Å²) in [5.41, 5.74) is 0.561. The number of rotatable bonds is 4. The van der Waals surface area contributed by atoms with Crippen LogP contribution in [-0.4, -0.2) is 24.2 Å². The molecular formula is C21H24BF2NO3. The fourth-order valence-electron chi connectivity index (χ4n) is 2.98. The summed E-state index contributed by atoms with van der Waals surface area (Å²) < 4.78 is 40.8. The van der Waals surface area contributed by atoms with Crippen molar-refractivity contribution in [3.63, 3.8) is 0 Å². The third kappa shape index (κ3) is 3.69. The molecule has 0 aromatic heterocycles. The van der Waals surface area contributed by atoms with E-state index in [0.29, 0.717) is 5.69 Å². The van der Waals surface area contributed by atoms with Gasteiger partial charge in [-0.3, -0.25) is 4.79 Å². The van der Waals surface area contributed by atoms with Crippen molar-refractivity contribution < 1.29 is 22.9 Å². The molecule has 0 spiro atoms. The fourth-order valence-corrected chi connectivity index (χ4v) is 2.98. The van der Waals surface area contributed by atoms with Crippen molar-refractivity contribution >= 4 is 24.2 Å². The number of nitrogens with one attached hydrogen (secondary N) is 1. The van der Waals surface area contributed by atoms with Crippen LogP contribution in [0.4, 0.5) is 14.5 Å². The largest absolute Gasteiger partial charge is 0.495 e. The Morgan fingerprint density at radius 1 is 1.00 bits per heavy atom. The maximum Gasteiger partial charge on any atom is 0.495 e. The highest BCUT2D eigenvalue weighted by Gasteiger charge is 2.52. The molecule has 7 heteroatoms. The van der Waals surface area contributed by atoms with Gasteiger partial charge in [-0.15, -0.1) is 0 Å². The quantitative estimate of drug-likeness (QED) is 0.807. The van der Waals surface area contributed by atoms with Crippen LogP contribution in [0, 0.1) is 6.92 Å². The van der Waals surface area contributed by atoms with Gasteiger partial charge in [0, 0.05) is 11.3 Å². The molecule has 28 heavy (non-hydrogen) atoms. The Morgan fingerprint density at radius 2 is 1.57 bits per heavy atom. The van der Waals surface area contributed by atoms with E-state index in [0.717, 1.165) is 11.0 Å². The average molecular weight is 387 g/mol. The summed E-state index contributed by atoms with van der Waals surface area (Å²) in [6, 6.07) is 12.0. The van der Waals surface area contributed by atoms with Gasteiger partial charge in [0.15, 0.2) is 0 Å². The molecule has 1 heterocycles. The number of aryl methyl sites for hydroxylation is 1. The minimum atomic E-state index is -3.63. The SMILES string of the molecule is Cc1cc(NC(=O)C(F)(F)c2ccccc2)ccc1B1OC(C)(C)C(C)(C)O1. The second-order valence-corrected chi connectivity index (χ2v) is 8.05. The first-order valence-electron chi connectivity index (χ1n) is 9.15. The normalized spacial score (nSPS) is 18.2. The molecule has 1 amide bonds. The van der Waals surface area contributed by atoms with Crippen molar-refractivity contribution in [2.45, 2.75) is 51.7 Å². The Balaban J connectivity index is 1.77. The van der Waals surface area contributed by atoms with Crippen LogP contribution in [-0.2, 0) is 20.0 Å². The molecule has 0 atom stereocenters. The number of halogens is 2. The zero-order valence-electron chi connectivity index (χ0n) is 16.7. The molecule has 0 saturated carbocycles. The zero-order chi connectivity index (χ0) is 20.7. The van der Waals surface area contributed by atoms with Gasteiger partial charge >= 0.3 is 13.0 Å². The van der Waals surface area contributed by atoms with E-state index in [4.69, 9.17) is 9.31 Å². The van der Waals surface area contributed by atoms with Crippen LogP contribution in [0.25, 0.3) is 0 Å². The van der Waals surface area contributed by atoms with Crippen molar-refractivity contribution in [3.8, 4) is 0 Å². The molecule has 0 radical (unpaired) electrons. The number of hydrogen-bond acceptors (Lipinski definition) is 3. The number of anilines is 1. The van der Waals surface area contributed by atoms with Gasteiger partial charge in [0.25, 0.3) is 5.91 Å². The lowest BCUT2D eigenvalue weighted by atomic mass is 9.76. The minimum absolute atomic E-state index is 0.290. The summed E-state index contributed by atoms with van der Waals surface area (Å²) in [6.07, 6.45) is 0. The van der Waals surface area contributed by atoms with E-state index in [1.165, 1.54) is 24.3 Å². The van der Waals surface area contributed by atoms with Crippen LogP contribution in [0.1, 0.15) is 38.8 Å². The number of hydrogen-bond donors (Lipinski definition) is 1. The van der Waals surface area contributed by atoms with E-state index in [-0.39, 0.29) is 5.56 Å². The fraction of sp³-hybridized carbons (Fsp3) is 0.381. The van der Waals surface area contributed by atoms with Crippen LogP contribution >= 0.6 is 0 Å². The number of benzene rings is 2. The summed E-state index contributed by atoms with van der Waals surface area (Å²) in [5.74, 6) is -5.00. The molecule has 0 unspecified atom stereocenters. The summed E-state index contributed by atoms with van der Waals surface area (Å²) in [7, 11) is -0.555. The molecule has 1 aliphatic rings. The van der Waals surface area contributed by atoms with Crippen molar-refractivity contribution in [1.29, 1.82) is 0 Å². The van der Waals surface area contributed by atoms with Gasteiger partial charge in [-0.1, -0.05) is 36.4 Å². The van der Waals surface area contributed by atoms with E-state index >= 15 is 0 Å². The lowest BCUT2D eigenvalue weighted by Crippen LogP contribution is -2.41. The molecule has 0 aliphatic carbocycles. The Labute approximate surface area is 164 Å². The standard InChI is InChI=1S/C21H24BF2NO3/c1-14-13-16(25-18(26)21(23,24)15-9-7-6-8-10-15)11-12-17(14)22-27-19(2,3)20(4,5)28-22/h6-13H,1-5H3,(H,25,26). The monoisotopic (exact) mass is 387 g/mol. The first-order chi connectivity index (χ1) is 12.9. The predicted molar refractivity (Wildman–Crippen MR) is 106 cm³/mol. The molecule has 1 N–H and O–H groups in total. The summed E-state index contributed by atoms with van der Waals surface area (Å²) >= 11 is 0. The highest BCUT2D eigenvalue weighted by atomic mass is 19.3. The summed E-state index contributed by atoms with van der Waals surface area (Å²) in [6.45, 7) is 9.67. The van der Waals surface area contributed by atoms with Crippen LogP contribution in [0.15, 0.2) is 48.5 Å². The first-order valence-corrected chi connectivity index (χ1v) is 9.15. The summed E-state index contributed by atoms with van der Waals surface area (Å²) in [4.78, 5) is 12.1. The number of carbonyl (C=O) groups excluding carboxylic acids is 1. The molecule has 1 aliphatic heterocycles. The van der Waals surface area contributed by atoms with E-state index < -0.39 is 30.2 Å². The predicted octanol–water partition coefficient (Wildman–Crippen LogP) is 4.02. The van der Waals surface area contributed by atoms with E-state index in [1.807, 2.05) is 34.6 Å². The molecular weight excluding hydrogens is 363 g/mol. The van der Waals surface area contributed by atoms with Gasteiger partial charge in [0.1, 0.15) is 0 Å². The molecule has 4 nitrogen and oxygen atoms in total. The van der Waals surface area contributed by atoms with Gasteiger partial charge in [0.2, 0.25) is 0 Å². The third-order valence-electron chi connectivity index (χ3n) is 5.46. The van der Waals surface area contributed by atoms with Crippen LogP contribution in [0.5, 0.6) is 0 Å². The van der Waals surface area contributed by atoms with Crippen molar-refractivity contribution in [2.75, 3.05) is 5.32 Å². The maximum absolute atomic E-state index is 14.4. The molecule has 2 aromatic carbocycles. The smallest absolute Gasteiger partial charge is 0.399 e. The minimum Gasteiger partial charge on any atom is -0.399 e. The molecule has 1 fully saturated rings. The molecule has 0 bridgehead atoms. The number of amides is 1. The number of alkyl halides is 2. The van der Waals surface area contributed by atoms with Crippen LogP contribution in [0.2, 0.25) is 0 Å². The first kappa shape index (κ1) is 20.5. The Bertz CT molecular complexity index is 868. The van der Waals surface area contributed by atoms with Gasteiger partial charge in [-0.05, 0) is 57.8 Å². The average Bonchev–Trinajstić information content (AvgIpc) is 2.83. The van der Waals surface area contributed by atoms with E-state index in [9.17, 15) is 13.6 Å². The van der Waals surface area contributed by atoms with Crippen LogP contribution in [0.3, 0.4) is 0 Å². The lowest BCUT2D eigenvalue weighted by molar-refractivity contribution is -0.140. The van der Waals surface area contributed by atoms with Gasteiger partial charge in [-0.25, -0.2) is 0 Å². The highest BCUT2D eigenvalue weighted by molar-refractivity contribution is 6.62. The second kappa shape index (κ2) is 6.97. The van der Waals surface area contributed by atoms with Crippen molar-refractivity contribution in [2.24, 2.45) is 0 Å². The third-order valence-corrected chi connectivity index (χ3v) is 5.46. The maximum atomic E-state index is 14.4.